The first-order valence-corrected chi connectivity index (χ1v) is 6.80. The van der Waals surface area contributed by atoms with Crippen molar-refractivity contribution in [2.45, 2.75) is 5.33 Å². The molecule has 2 aromatic carbocycles. The zero-order valence-corrected chi connectivity index (χ0v) is 11.8. The predicted octanol–water partition coefficient (Wildman–Crippen LogP) is 5.69. The molecule has 0 saturated heterocycles. The van der Waals surface area contributed by atoms with Crippen molar-refractivity contribution in [3.8, 4) is 11.1 Å². The van der Waals surface area contributed by atoms with Crippen molar-refractivity contribution in [3.05, 3.63) is 57.8 Å². The summed E-state index contributed by atoms with van der Waals surface area (Å²) in [6, 6.07) is 10.2. The zero-order valence-electron chi connectivity index (χ0n) is 8.68. The molecule has 88 valence electrons. The maximum Gasteiger partial charge on any atom is 0.135 e. The molecule has 0 atom stereocenters. The average Bonchev–Trinajstić information content (AvgIpc) is 2.33. The van der Waals surface area contributed by atoms with Crippen LogP contribution in [0.4, 0.5) is 4.39 Å². The van der Waals surface area contributed by atoms with Crippen LogP contribution < -0.4 is 0 Å². The average molecular weight is 334 g/mol. The van der Waals surface area contributed by atoms with E-state index in [1.807, 2.05) is 0 Å². The van der Waals surface area contributed by atoms with Crippen LogP contribution in [0.5, 0.6) is 0 Å². The molecule has 0 heterocycles. The van der Waals surface area contributed by atoms with E-state index in [0.717, 1.165) is 0 Å². The number of benzene rings is 2. The van der Waals surface area contributed by atoms with Gasteiger partial charge in [-0.1, -0.05) is 57.3 Å². The van der Waals surface area contributed by atoms with E-state index < -0.39 is 0 Å². The van der Waals surface area contributed by atoms with Gasteiger partial charge in [0.2, 0.25) is 0 Å². The number of hydrogen-bond acceptors (Lipinski definition) is 0. The third kappa shape index (κ3) is 2.65. The van der Waals surface area contributed by atoms with Gasteiger partial charge in [-0.15, -0.1) is 0 Å². The van der Waals surface area contributed by atoms with E-state index in [4.69, 9.17) is 23.2 Å². The van der Waals surface area contributed by atoms with Crippen molar-refractivity contribution in [1.82, 2.24) is 0 Å². The molecule has 17 heavy (non-hydrogen) atoms. The Hall–Kier alpha value is -0.570. The smallest absolute Gasteiger partial charge is 0.135 e. The first kappa shape index (κ1) is 12.9. The third-order valence-corrected chi connectivity index (χ3v) is 3.61. The number of halogens is 4. The normalized spacial score (nSPS) is 10.6. The summed E-state index contributed by atoms with van der Waals surface area (Å²) in [6.45, 7) is 0. The van der Waals surface area contributed by atoms with Crippen LogP contribution in [0.1, 0.15) is 5.56 Å². The van der Waals surface area contributed by atoms with Gasteiger partial charge in [-0.25, -0.2) is 4.39 Å². The lowest BCUT2D eigenvalue weighted by Crippen LogP contribution is -1.91. The van der Waals surface area contributed by atoms with Gasteiger partial charge >= 0.3 is 0 Å². The Bertz CT molecular complexity index is 555. The topological polar surface area (TPSA) is 0 Å². The highest BCUT2D eigenvalue weighted by Gasteiger charge is 2.12. The maximum atomic E-state index is 14.1. The maximum absolute atomic E-state index is 14.1. The van der Waals surface area contributed by atoms with Crippen molar-refractivity contribution in [1.29, 1.82) is 0 Å². The van der Waals surface area contributed by atoms with Crippen molar-refractivity contribution >= 4 is 39.1 Å². The molecule has 0 bridgehead atoms. The molecule has 4 heteroatoms. The van der Waals surface area contributed by atoms with E-state index in [9.17, 15) is 4.39 Å². The molecule has 0 amide bonds. The summed E-state index contributed by atoms with van der Waals surface area (Å²) in [6.07, 6.45) is 0. The van der Waals surface area contributed by atoms with E-state index in [2.05, 4.69) is 15.9 Å². The van der Waals surface area contributed by atoms with E-state index in [1.165, 1.54) is 0 Å². The van der Waals surface area contributed by atoms with Crippen LogP contribution in [0.2, 0.25) is 10.0 Å². The quantitative estimate of drug-likeness (QED) is 0.619. The molecule has 0 radical (unpaired) electrons. The van der Waals surface area contributed by atoms with Crippen LogP contribution in [0, 0.1) is 5.82 Å². The van der Waals surface area contributed by atoms with Gasteiger partial charge in [0.25, 0.3) is 0 Å². The molecular formula is C13H8BrCl2F. The second-order valence-corrected chi connectivity index (χ2v) is 4.94. The van der Waals surface area contributed by atoms with E-state index in [1.54, 1.807) is 36.4 Å². The van der Waals surface area contributed by atoms with Gasteiger partial charge in [0.15, 0.2) is 0 Å². The molecule has 0 saturated carbocycles. The van der Waals surface area contributed by atoms with Gasteiger partial charge in [0.05, 0.1) is 0 Å². The fourth-order valence-electron chi connectivity index (χ4n) is 1.59. The summed E-state index contributed by atoms with van der Waals surface area (Å²) >= 11 is 15.2. The molecule has 2 aromatic rings. The lowest BCUT2D eigenvalue weighted by molar-refractivity contribution is 0.621. The lowest BCUT2D eigenvalue weighted by Gasteiger charge is -2.09. The molecular weight excluding hydrogens is 326 g/mol. The SMILES string of the molecule is Fc1c(CBr)cccc1-c1cc(Cl)ccc1Cl. The Morgan fingerprint density at radius 3 is 2.53 bits per heavy atom. The first-order chi connectivity index (χ1) is 8.13. The van der Waals surface area contributed by atoms with Crippen LogP contribution in [-0.2, 0) is 5.33 Å². The molecule has 0 aliphatic heterocycles. The predicted molar refractivity (Wildman–Crippen MR) is 74.5 cm³/mol. The summed E-state index contributed by atoms with van der Waals surface area (Å²) in [5.41, 5.74) is 1.67. The van der Waals surface area contributed by atoms with Gasteiger partial charge in [0, 0.05) is 26.5 Å². The fourth-order valence-corrected chi connectivity index (χ4v) is 2.42. The number of alkyl halides is 1. The van der Waals surface area contributed by atoms with Crippen molar-refractivity contribution in [2.24, 2.45) is 0 Å². The van der Waals surface area contributed by atoms with Gasteiger partial charge in [-0.2, -0.15) is 0 Å². The fraction of sp³-hybridized carbons (Fsp3) is 0.0769. The van der Waals surface area contributed by atoms with Gasteiger partial charge in [0.1, 0.15) is 5.82 Å². The molecule has 0 aromatic heterocycles. The van der Waals surface area contributed by atoms with E-state index in [0.29, 0.717) is 32.1 Å². The summed E-state index contributed by atoms with van der Waals surface area (Å²) in [7, 11) is 0. The van der Waals surface area contributed by atoms with Gasteiger partial charge < -0.3 is 0 Å². The molecule has 0 nitrogen and oxygen atoms in total. The van der Waals surface area contributed by atoms with Crippen molar-refractivity contribution in [3.63, 3.8) is 0 Å². The Morgan fingerprint density at radius 1 is 1.06 bits per heavy atom. The molecule has 0 aliphatic carbocycles. The van der Waals surface area contributed by atoms with E-state index in [-0.39, 0.29) is 5.82 Å². The Labute approximate surface area is 117 Å². The third-order valence-electron chi connectivity index (χ3n) is 2.44. The molecule has 2 rings (SSSR count). The summed E-state index contributed by atoms with van der Waals surface area (Å²) in [4.78, 5) is 0. The lowest BCUT2D eigenvalue weighted by atomic mass is 10.0. The van der Waals surface area contributed by atoms with Crippen LogP contribution in [-0.4, -0.2) is 0 Å². The van der Waals surface area contributed by atoms with Crippen LogP contribution in [0.3, 0.4) is 0 Å². The first-order valence-electron chi connectivity index (χ1n) is 4.92. The largest absolute Gasteiger partial charge is 0.206 e. The Kier molecular flexibility index (Phi) is 4.08. The van der Waals surface area contributed by atoms with Gasteiger partial charge in [-0.3, -0.25) is 0 Å². The second-order valence-electron chi connectivity index (χ2n) is 3.54. The Balaban J connectivity index is 2.64. The van der Waals surface area contributed by atoms with Crippen LogP contribution in [0.25, 0.3) is 11.1 Å². The monoisotopic (exact) mass is 332 g/mol. The summed E-state index contributed by atoms with van der Waals surface area (Å²) in [5, 5.41) is 1.48. The minimum absolute atomic E-state index is 0.270. The molecule has 0 aliphatic rings. The summed E-state index contributed by atoms with van der Waals surface area (Å²) in [5.74, 6) is -0.270. The highest BCUT2D eigenvalue weighted by atomic mass is 79.9. The van der Waals surface area contributed by atoms with Crippen molar-refractivity contribution < 1.29 is 4.39 Å². The minimum atomic E-state index is -0.270. The van der Waals surface area contributed by atoms with E-state index >= 15 is 0 Å². The standard InChI is InChI=1S/C13H8BrCl2F/c14-7-8-2-1-3-10(13(8)17)11-6-9(15)4-5-12(11)16/h1-6H,7H2. The molecule has 0 spiro atoms. The molecule has 0 N–H and O–H groups in total. The number of rotatable bonds is 2. The molecule has 0 fully saturated rings. The van der Waals surface area contributed by atoms with Crippen LogP contribution in [0.15, 0.2) is 36.4 Å². The zero-order chi connectivity index (χ0) is 12.4. The second kappa shape index (κ2) is 5.38. The van der Waals surface area contributed by atoms with Gasteiger partial charge in [-0.05, 0) is 23.8 Å². The van der Waals surface area contributed by atoms with Crippen LogP contribution >= 0.6 is 39.1 Å². The Morgan fingerprint density at radius 2 is 1.82 bits per heavy atom. The minimum Gasteiger partial charge on any atom is -0.206 e. The highest BCUT2D eigenvalue weighted by Crippen LogP contribution is 2.33. The highest BCUT2D eigenvalue weighted by molar-refractivity contribution is 9.08. The van der Waals surface area contributed by atoms with Crippen molar-refractivity contribution in [2.75, 3.05) is 0 Å². The molecule has 0 unspecified atom stereocenters. The number of hydrogen-bond donors (Lipinski definition) is 0. The summed E-state index contributed by atoms with van der Waals surface area (Å²) < 4.78 is 14.1.